The third-order valence-corrected chi connectivity index (χ3v) is 1.66. The van der Waals surface area contributed by atoms with E-state index in [1.54, 1.807) is 14.1 Å². The predicted octanol–water partition coefficient (Wildman–Crippen LogP) is -0.825. The van der Waals surface area contributed by atoms with Gasteiger partial charge in [-0.1, -0.05) is 0 Å². The molecule has 0 amide bonds. The Morgan fingerprint density at radius 2 is 1.50 bits per heavy atom. The summed E-state index contributed by atoms with van der Waals surface area (Å²) in [6, 6.07) is 0. The van der Waals surface area contributed by atoms with Crippen LogP contribution in [-0.2, 0) is 14.1 Å². The Morgan fingerprint density at radius 3 is 1.79 bits per heavy atom. The number of hydrogen-bond acceptors (Lipinski definition) is 5. The minimum Gasteiger partial charge on any atom is -0.285 e. The molecule has 0 saturated heterocycles. The van der Waals surface area contributed by atoms with Gasteiger partial charge in [0.1, 0.15) is 0 Å². The Kier molecular flexibility index (Phi) is 1.84. The van der Waals surface area contributed by atoms with E-state index in [4.69, 9.17) is 0 Å². The molecule has 7 nitrogen and oxygen atoms in total. The minimum atomic E-state index is -0.272. The van der Waals surface area contributed by atoms with Gasteiger partial charge in [0.2, 0.25) is 5.78 Å². The molecule has 0 radical (unpaired) electrons. The second kappa shape index (κ2) is 3.02. The largest absolute Gasteiger partial charge is 0.285 e. The monoisotopic (exact) mass is 192 g/mol. The molecule has 0 aliphatic rings. The number of rotatable bonds is 2. The average molecular weight is 192 g/mol. The molecule has 0 unspecified atom stereocenters. The number of hydrogen-bond donors (Lipinski definition) is 0. The van der Waals surface area contributed by atoms with E-state index in [-0.39, 0.29) is 17.2 Å². The van der Waals surface area contributed by atoms with Crippen molar-refractivity contribution in [2.24, 2.45) is 14.1 Å². The molecule has 2 rings (SSSR count). The van der Waals surface area contributed by atoms with Crippen molar-refractivity contribution in [2.45, 2.75) is 0 Å². The fourth-order valence-electron chi connectivity index (χ4n) is 1.03. The van der Waals surface area contributed by atoms with Crippen molar-refractivity contribution in [3.63, 3.8) is 0 Å². The molecule has 0 aliphatic carbocycles. The molecule has 0 aliphatic heterocycles. The molecule has 72 valence electrons. The van der Waals surface area contributed by atoms with Gasteiger partial charge >= 0.3 is 0 Å². The van der Waals surface area contributed by atoms with Crippen LogP contribution in [0, 0.1) is 0 Å². The van der Waals surface area contributed by atoms with E-state index in [1.807, 2.05) is 0 Å². The van der Waals surface area contributed by atoms with Crippen LogP contribution in [0.3, 0.4) is 0 Å². The molecule has 0 saturated carbocycles. The van der Waals surface area contributed by atoms with Gasteiger partial charge in [-0.2, -0.15) is 30.0 Å². The first-order valence-corrected chi connectivity index (χ1v) is 3.94. The third-order valence-electron chi connectivity index (χ3n) is 1.66. The van der Waals surface area contributed by atoms with Crippen molar-refractivity contribution in [3.8, 4) is 0 Å². The number of aromatic nitrogens is 6. The summed E-state index contributed by atoms with van der Waals surface area (Å²) in [7, 11) is 3.29. The van der Waals surface area contributed by atoms with Crippen LogP contribution in [0.5, 0.6) is 0 Å². The van der Waals surface area contributed by atoms with Crippen molar-refractivity contribution in [1.29, 1.82) is 0 Å². The Balaban J connectivity index is 2.33. The number of aryl methyl sites for hydroxylation is 2. The van der Waals surface area contributed by atoms with E-state index in [1.165, 1.54) is 22.0 Å². The lowest BCUT2D eigenvalue weighted by Gasteiger charge is -1.88. The highest BCUT2D eigenvalue weighted by Crippen LogP contribution is 2.01. The van der Waals surface area contributed by atoms with Gasteiger partial charge in [-0.25, -0.2) is 0 Å². The lowest BCUT2D eigenvalue weighted by molar-refractivity contribution is 0.102. The van der Waals surface area contributed by atoms with Gasteiger partial charge in [0, 0.05) is 14.1 Å². The Morgan fingerprint density at radius 1 is 1.07 bits per heavy atom. The molecular formula is C7H8N6O. The molecule has 0 bridgehead atoms. The van der Waals surface area contributed by atoms with Crippen LogP contribution < -0.4 is 0 Å². The highest BCUT2D eigenvalue weighted by atomic mass is 16.1. The fourth-order valence-corrected chi connectivity index (χ4v) is 1.03. The van der Waals surface area contributed by atoms with Crippen LogP contribution in [0.15, 0.2) is 12.4 Å². The summed E-state index contributed by atoms with van der Waals surface area (Å²) < 4.78 is 0. The normalized spacial score (nSPS) is 10.4. The molecule has 0 atom stereocenters. The van der Waals surface area contributed by atoms with Crippen LogP contribution in [-0.4, -0.2) is 35.8 Å². The van der Waals surface area contributed by atoms with Gasteiger partial charge in [-0.05, 0) is 0 Å². The highest BCUT2D eigenvalue weighted by Gasteiger charge is 2.15. The van der Waals surface area contributed by atoms with Gasteiger partial charge in [0.25, 0.3) is 0 Å². The van der Waals surface area contributed by atoms with Crippen molar-refractivity contribution >= 4 is 5.78 Å². The smallest absolute Gasteiger partial charge is 0.236 e. The summed E-state index contributed by atoms with van der Waals surface area (Å²) in [4.78, 5) is 14.3. The maximum absolute atomic E-state index is 11.6. The standard InChI is InChI=1S/C7H8N6O/c1-12-8-3-5(10-12)7(14)6-4-9-13(2)11-6/h3-4H,1-2H3. The van der Waals surface area contributed by atoms with Gasteiger partial charge in [0.05, 0.1) is 12.4 Å². The summed E-state index contributed by atoms with van der Waals surface area (Å²) in [6.45, 7) is 0. The highest BCUT2D eigenvalue weighted by molar-refractivity contribution is 6.05. The van der Waals surface area contributed by atoms with Crippen molar-refractivity contribution < 1.29 is 4.79 Å². The topological polar surface area (TPSA) is 78.5 Å². The first-order valence-electron chi connectivity index (χ1n) is 3.94. The number of ketones is 1. The van der Waals surface area contributed by atoms with Crippen molar-refractivity contribution in [2.75, 3.05) is 0 Å². The van der Waals surface area contributed by atoms with E-state index in [0.717, 1.165) is 0 Å². The van der Waals surface area contributed by atoms with Gasteiger partial charge in [0.15, 0.2) is 11.4 Å². The van der Waals surface area contributed by atoms with Crippen LogP contribution in [0.2, 0.25) is 0 Å². The SMILES string of the molecule is Cn1ncc(C(=O)c2cnn(C)n2)n1. The molecule has 0 aromatic carbocycles. The summed E-state index contributed by atoms with van der Waals surface area (Å²) in [5.41, 5.74) is 0.543. The first-order chi connectivity index (χ1) is 6.66. The van der Waals surface area contributed by atoms with Crippen LogP contribution >= 0.6 is 0 Å². The van der Waals surface area contributed by atoms with Crippen molar-refractivity contribution in [3.05, 3.63) is 23.8 Å². The molecule has 7 heteroatoms. The van der Waals surface area contributed by atoms with Gasteiger partial charge in [-0.3, -0.25) is 4.79 Å². The van der Waals surface area contributed by atoms with E-state index in [2.05, 4.69) is 20.4 Å². The second-order valence-corrected chi connectivity index (χ2v) is 2.77. The third kappa shape index (κ3) is 1.39. The zero-order valence-corrected chi connectivity index (χ0v) is 7.75. The molecular weight excluding hydrogens is 184 g/mol. The lowest BCUT2D eigenvalue weighted by Crippen LogP contribution is -2.05. The summed E-state index contributed by atoms with van der Waals surface area (Å²) in [5.74, 6) is -0.272. The van der Waals surface area contributed by atoms with E-state index in [9.17, 15) is 4.79 Å². The van der Waals surface area contributed by atoms with E-state index < -0.39 is 0 Å². The molecule has 2 aromatic heterocycles. The average Bonchev–Trinajstić information content (AvgIpc) is 2.73. The summed E-state index contributed by atoms with van der Waals surface area (Å²) in [6.07, 6.45) is 2.80. The van der Waals surface area contributed by atoms with Gasteiger partial charge < -0.3 is 0 Å². The quantitative estimate of drug-likeness (QED) is 0.580. The first kappa shape index (κ1) is 8.54. The van der Waals surface area contributed by atoms with E-state index >= 15 is 0 Å². The Bertz CT molecular complexity index is 428. The zero-order valence-electron chi connectivity index (χ0n) is 7.75. The molecule has 2 heterocycles. The molecule has 0 fully saturated rings. The van der Waals surface area contributed by atoms with Crippen LogP contribution in [0.1, 0.15) is 16.2 Å². The maximum atomic E-state index is 11.6. The Labute approximate surface area is 79.3 Å². The fraction of sp³-hybridized carbons (Fsp3) is 0.286. The predicted molar refractivity (Wildman–Crippen MR) is 45.4 cm³/mol. The van der Waals surface area contributed by atoms with Crippen LogP contribution in [0.4, 0.5) is 0 Å². The molecule has 0 spiro atoms. The summed E-state index contributed by atoms with van der Waals surface area (Å²) >= 11 is 0. The second-order valence-electron chi connectivity index (χ2n) is 2.77. The maximum Gasteiger partial charge on any atom is 0.236 e. The van der Waals surface area contributed by atoms with Crippen LogP contribution in [0.25, 0.3) is 0 Å². The number of carbonyl (C=O) groups excluding carboxylic acids is 1. The van der Waals surface area contributed by atoms with E-state index in [0.29, 0.717) is 0 Å². The van der Waals surface area contributed by atoms with Gasteiger partial charge in [-0.15, -0.1) is 0 Å². The van der Waals surface area contributed by atoms with Crippen molar-refractivity contribution in [1.82, 2.24) is 30.0 Å². The molecule has 0 N–H and O–H groups in total. The lowest BCUT2D eigenvalue weighted by atomic mass is 10.2. The zero-order chi connectivity index (χ0) is 10.1. The summed E-state index contributed by atoms with van der Waals surface area (Å²) in [5, 5.41) is 15.3. The molecule has 2 aromatic rings. The molecule has 14 heavy (non-hydrogen) atoms. The number of nitrogens with zero attached hydrogens (tertiary/aromatic N) is 6. The Hall–Kier alpha value is -2.05. The minimum absolute atomic E-state index is 0.271. The number of carbonyl (C=O) groups is 1.